The second kappa shape index (κ2) is 7.65. The highest BCUT2D eigenvalue weighted by atomic mass is 79.9. The quantitative estimate of drug-likeness (QED) is 0.834. The highest BCUT2D eigenvalue weighted by molar-refractivity contribution is 9.10. The molecular formula is C15H22BrNO2. The van der Waals surface area contributed by atoms with Crippen LogP contribution in [0.3, 0.4) is 0 Å². The molecule has 0 fully saturated rings. The zero-order valence-corrected chi connectivity index (χ0v) is 13.4. The van der Waals surface area contributed by atoms with Crippen LogP contribution in [-0.2, 0) is 11.2 Å². The van der Waals surface area contributed by atoms with Crippen molar-refractivity contribution >= 4 is 21.9 Å². The van der Waals surface area contributed by atoms with E-state index in [-0.39, 0.29) is 12.3 Å². The summed E-state index contributed by atoms with van der Waals surface area (Å²) in [7, 11) is 2.05. The third kappa shape index (κ3) is 6.21. The summed E-state index contributed by atoms with van der Waals surface area (Å²) in [5, 5.41) is 8.75. The first kappa shape index (κ1) is 16.2. The number of nitrogens with zero attached hydrogens (tertiary/aromatic N) is 1. The maximum atomic E-state index is 10.6. The third-order valence-electron chi connectivity index (χ3n) is 3.22. The number of aryl methyl sites for hydroxylation is 1. The normalized spacial score (nSPS) is 12.7. The maximum Gasteiger partial charge on any atom is 0.303 e. The van der Waals surface area contributed by atoms with Crippen LogP contribution >= 0.6 is 15.9 Å². The van der Waals surface area contributed by atoms with Crippen molar-refractivity contribution in [3.8, 4) is 0 Å². The Morgan fingerprint density at radius 3 is 2.79 bits per heavy atom. The van der Waals surface area contributed by atoms with Crippen LogP contribution in [-0.4, -0.2) is 36.1 Å². The SMILES string of the molecule is Cc1ccc(Br)cc1CCN(C)CC(C)CC(=O)O. The number of carboxylic acid groups (broad SMARTS) is 1. The lowest BCUT2D eigenvalue weighted by Gasteiger charge is -2.20. The van der Waals surface area contributed by atoms with Crippen molar-refractivity contribution in [2.75, 3.05) is 20.1 Å². The Kier molecular flexibility index (Phi) is 6.52. The minimum absolute atomic E-state index is 0.186. The van der Waals surface area contributed by atoms with Crippen LogP contribution in [0, 0.1) is 12.8 Å². The van der Waals surface area contributed by atoms with Gasteiger partial charge in [-0.15, -0.1) is 0 Å². The van der Waals surface area contributed by atoms with Gasteiger partial charge in [0.2, 0.25) is 0 Å². The van der Waals surface area contributed by atoms with Gasteiger partial charge in [0.15, 0.2) is 0 Å². The summed E-state index contributed by atoms with van der Waals surface area (Å²) >= 11 is 3.49. The number of hydrogen-bond donors (Lipinski definition) is 1. The van der Waals surface area contributed by atoms with E-state index >= 15 is 0 Å². The van der Waals surface area contributed by atoms with Crippen LogP contribution in [0.2, 0.25) is 0 Å². The van der Waals surface area contributed by atoms with Crippen molar-refractivity contribution in [2.45, 2.75) is 26.7 Å². The highest BCUT2D eigenvalue weighted by Crippen LogP contribution is 2.17. The molecule has 0 saturated carbocycles. The van der Waals surface area contributed by atoms with E-state index in [4.69, 9.17) is 5.11 Å². The van der Waals surface area contributed by atoms with E-state index in [1.807, 2.05) is 14.0 Å². The van der Waals surface area contributed by atoms with Crippen LogP contribution in [0.4, 0.5) is 0 Å². The van der Waals surface area contributed by atoms with Crippen molar-refractivity contribution in [3.63, 3.8) is 0 Å². The zero-order valence-electron chi connectivity index (χ0n) is 11.8. The molecule has 0 aliphatic rings. The van der Waals surface area contributed by atoms with E-state index in [0.717, 1.165) is 24.0 Å². The fourth-order valence-electron chi connectivity index (χ4n) is 2.21. The van der Waals surface area contributed by atoms with Crippen molar-refractivity contribution in [1.82, 2.24) is 4.90 Å². The summed E-state index contributed by atoms with van der Waals surface area (Å²) < 4.78 is 1.11. The van der Waals surface area contributed by atoms with Gasteiger partial charge < -0.3 is 10.0 Å². The Hall–Kier alpha value is -0.870. The van der Waals surface area contributed by atoms with E-state index in [1.165, 1.54) is 11.1 Å². The molecule has 1 aromatic carbocycles. The smallest absolute Gasteiger partial charge is 0.303 e. The van der Waals surface area contributed by atoms with E-state index in [9.17, 15) is 4.79 Å². The van der Waals surface area contributed by atoms with Gasteiger partial charge >= 0.3 is 5.97 Å². The molecule has 3 nitrogen and oxygen atoms in total. The molecule has 0 bridgehead atoms. The fraction of sp³-hybridized carbons (Fsp3) is 0.533. The van der Waals surface area contributed by atoms with Crippen molar-refractivity contribution in [1.29, 1.82) is 0 Å². The lowest BCUT2D eigenvalue weighted by molar-refractivity contribution is -0.138. The number of carboxylic acids is 1. The topological polar surface area (TPSA) is 40.5 Å². The van der Waals surface area contributed by atoms with Crippen LogP contribution < -0.4 is 0 Å². The number of benzene rings is 1. The van der Waals surface area contributed by atoms with Crippen molar-refractivity contribution < 1.29 is 9.90 Å². The van der Waals surface area contributed by atoms with Gasteiger partial charge in [-0.05, 0) is 49.6 Å². The number of rotatable bonds is 7. The predicted molar refractivity (Wildman–Crippen MR) is 81.5 cm³/mol. The molecule has 0 aliphatic heterocycles. The molecule has 0 radical (unpaired) electrons. The lowest BCUT2D eigenvalue weighted by atomic mass is 10.0. The fourth-order valence-corrected chi connectivity index (χ4v) is 2.62. The Morgan fingerprint density at radius 1 is 1.47 bits per heavy atom. The summed E-state index contributed by atoms with van der Waals surface area (Å²) in [6.45, 7) is 5.87. The number of halogens is 1. The van der Waals surface area contributed by atoms with Crippen LogP contribution in [0.15, 0.2) is 22.7 Å². The van der Waals surface area contributed by atoms with Gasteiger partial charge in [0.05, 0.1) is 0 Å². The second-order valence-corrected chi connectivity index (χ2v) is 6.20. The van der Waals surface area contributed by atoms with Crippen molar-refractivity contribution in [3.05, 3.63) is 33.8 Å². The van der Waals surface area contributed by atoms with Gasteiger partial charge in [0.25, 0.3) is 0 Å². The van der Waals surface area contributed by atoms with E-state index in [1.54, 1.807) is 0 Å². The van der Waals surface area contributed by atoms with Gasteiger partial charge in [-0.3, -0.25) is 4.79 Å². The number of hydrogen-bond acceptors (Lipinski definition) is 2. The molecule has 4 heteroatoms. The zero-order chi connectivity index (χ0) is 14.4. The van der Waals surface area contributed by atoms with E-state index in [0.29, 0.717) is 0 Å². The van der Waals surface area contributed by atoms with Crippen molar-refractivity contribution in [2.24, 2.45) is 5.92 Å². The molecule has 0 saturated heterocycles. The second-order valence-electron chi connectivity index (χ2n) is 5.29. The molecule has 1 aromatic rings. The minimum Gasteiger partial charge on any atom is -0.481 e. The van der Waals surface area contributed by atoms with Gasteiger partial charge in [-0.2, -0.15) is 0 Å². The Morgan fingerprint density at radius 2 is 2.16 bits per heavy atom. The monoisotopic (exact) mass is 327 g/mol. The van der Waals surface area contributed by atoms with Gasteiger partial charge in [0.1, 0.15) is 0 Å². The third-order valence-corrected chi connectivity index (χ3v) is 3.71. The molecule has 0 aromatic heterocycles. The van der Waals surface area contributed by atoms with E-state index < -0.39 is 5.97 Å². The van der Waals surface area contributed by atoms with Crippen LogP contribution in [0.1, 0.15) is 24.5 Å². The molecule has 1 unspecified atom stereocenters. The average molecular weight is 328 g/mol. The molecule has 1 atom stereocenters. The lowest BCUT2D eigenvalue weighted by Crippen LogP contribution is -2.27. The molecule has 0 amide bonds. The summed E-state index contributed by atoms with van der Waals surface area (Å²) in [6.07, 6.45) is 1.22. The minimum atomic E-state index is -0.719. The van der Waals surface area contributed by atoms with Gasteiger partial charge in [-0.1, -0.05) is 28.9 Å². The average Bonchev–Trinajstić information content (AvgIpc) is 2.29. The number of carbonyl (C=O) groups is 1. The first-order valence-corrected chi connectivity index (χ1v) is 7.33. The molecule has 0 aliphatic carbocycles. The first-order chi connectivity index (χ1) is 8.88. The number of likely N-dealkylation sites (N-methyl/N-ethyl adjacent to an activating group) is 1. The van der Waals surface area contributed by atoms with Crippen LogP contribution in [0.5, 0.6) is 0 Å². The molecule has 19 heavy (non-hydrogen) atoms. The van der Waals surface area contributed by atoms with Gasteiger partial charge in [0, 0.05) is 24.0 Å². The number of aliphatic carboxylic acids is 1. The largest absolute Gasteiger partial charge is 0.481 e. The predicted octanol–water partition coefficient (Wildman–Crippen LogP) is 3.34. The maximum absolute atomic E-state index is 10.6. The Labute approximate surface area is 123 Å². The highest BCUT2D eigenvalue weighted by Gasteiger charge is 2.10. The molecule has 0 spiro atoms. The summed E-state index contributed by atoms with van der Waals surface area (Å²) in [4.78, 5) is 12.8. The summed E-state index contributed by atoms with van der Waals surface area (Å²) in [5.74, 6) is -0.533. The molecule has 0 heterocycles. The molecule has 106 valence electrons. The Bertz CT molecular complexity index is 434. The molecule has 1 N–H and O–H groups in total. The summed E-state index contributed by atoms with van der Waals surface area (Å²) in [6, 6.07) is 6.33. The van der Waals surface area contributed by atoms with Gasteiger partial charge in [-0.25, -0.2) is 0 Å². The standard InChI is InChI=1S/C15H22BrNO2/c1-11(8-15(18)19)10-17(3)7-6-13-9-14(16)5-4-12(13)2/h4-5,9,11H,6-8,10H2,1-3H3,(H,18,19). The Balaban J connectivity index is 2.43. The van der Waals surface area contributed by atoms with E-state index in [2.05, 4.69) is 46.0 Å². The van der Waals surface area contributed by atoms with Crippen LogP contribution in [0.25, 0.3) is 0 Å². The summed E-state index contributed by atoms with van der Waals surface area (Å²) in [5.41, 5.74) is 2.64. The molecule has 1 rings (SSSR count). The molecular weight excluding hydrogens is 306 g/mol. The first-order valence-electron chi connectivity index (χ1n) is 6.54.